The zero-order valence-electron chi connectivity index (χ0n) is 12.2. The van der Waals surface area contributed by atoms with Crippen LogP contribution in [0.3, 0.4) is 0 Å². The van der Waals surface area contributed by atoms with Crippen molar-refractivity contribution in [2.24, 2.45) is 5.10 Å². The fourth-order valence-corrected chi connectivity index (χ4v) is 2.63. The van der Waals surface area contributed by atoms with Crippen LogP contribution in [-0.4, -0.2) is 29.7 Å². The molecular formula is C17H15ClN2O2S. The van der Waals surface area contributed by atoms with Crippen molar-refractivity contribution in [3.05, 3.63) is 64.7 Å². The average molecular weight is 347 g/mol. The largest absolute Gasteiger partial charge is 0.489 e. The molecule has 1 aliphatic heterocycles. The van der Waals surface area contributed by atoms with Crippen LogP contribution in [0, 0.1) is 0 Å². The van der Waals surface area contributed by atoms with Crippen LogP contribution in [0.2, 0.25) is 5.02 Å². The van der Waals surface area contributed by atoms with Crippen LogP contribution in [0.25, 0.3) is 0 Å². The van der Waals surface area contributed by atoms with Crippen molar-refractivity contribution < 1.29 is 9.53 Å². The average Bonchev–Trinajstić information content (AvgIpc) is 2.53. The molecule has 0 saturated carbocycles. The third-order valence-corrected chi connectivity index (χ3v) is 4.74. The molecule has 23 heavy (non-hydrogen) atoms. The lowest BCUT2D eigenvalue weighted by atomic mass is 10.2. The summed E-state index contributed by atoms with van der Waals surface area (Å²) in [4.78, 5) is 11.9. The van der Waals surface area contributed by atoms with Gasteiger partial charge in [0.25, 0.3) is 5.91 Å². The summed E-state index contributed by atoms with van der Waals surface area (Å²) in [6, 6.07) is 14.3. The number of benzene rings is 2. The van der Waals surface area contributed by atoms with Crippen molar-refractivity contribution in [3.8, 4) is 5.75 Å². The third-order valence-electron chi connectivity index (χ3n) is 3.28. The van der Waals surface area contributed by atoms with E-state index in [0.717, 1.165) is 22.8 Å². The van der Waals surface area contributed by atoms with E-state index in [2.05, 4.69) is 10.5 Å². The van der Waals surface area contributed by atoms with Crippen molar-refractivity contribution >= 4 is 35.5 Å². The smallest absolute Gasteiger partial charge is 0.271 e. The molecule has 1 heterocycles. The topological polar surface area (TPSA) is 50.7 Å². The Morgan fingerprint density at radius 3 is 2.48 bits per heavy atom. The second-order valence-corrected chi connectivity index (χ2v) is 6.56. The monoisotopic (exact) mass is 346 g/mol. The quantitative estimate of drug-likeness (QED) is 0.664. The van der Waals surface area contributed by atoms with E-state index < -0.39 is 0 Å². The Kier molecular flexibility index (Phi) is 5.20. The molecule has 0 radical (unpaired) electrons. The summed E-state index contributed by atoms with van der Waals surface area (Å²) in [6.07, 6.45) is 1.93. The Hall–Kier alpha value is -1.98. The Labute approximate surface area is 143 Å². The van der Waals surface area contributed by atoms with Gasteiger partial charge in [0, 0.05) is 22.1 Å². The molecule has 4 nitrogen and oxygen atoms in total. The van der Waals surface area contributed by atoms with Crippen molar-refractivity contribution in [1.82, 2.24) is 5.43 Å². The van der Waals surface area contributed by atoms with Crippen LogP contribution >= 0.6 is 23.4 Å². The lowest BCUT2D eigenvalue weighted by Crippen LogP contribution is -2.30. The third kappa shape index (κ3) is 4.50. The van der Waals surface area contributed by atoms with Gasteiger partial charge in [0.05, 0.1) is 6.21 Å². The molecule has 1 N–H and O–H groups in total. The molecule has 0 aliphatic carbocycles. The van der Waals surface area contributed by atoms with E-state index in [9.17, 15) is 4.79 Å². The van der Waals surface area contributed by atoms with Gasteiger partial charge in [-0.15, -0.1) is 0 Å². The van der Waals surface area contributed by atoms with E-state index in [1.807, 2.05) is 36.0 Å². The summed E-state index contributed by atoms with van der Waals surface area (Å²) < 4.78 is 5.77. The first-order valence-electron chi connectivity index (χ1n) is 7.14. The van der Waals surface area contributed by atoms with Crippen LogP contribution in [-0.2, 0) is 0 Å². The van der Waals surface area contributed by atoms with Gasteiger partial charge in [-0.3, -0.25) is 4.79 Å². The SMILES string of the molecule is O=C(N/N=C\c1ccc(OC2CSC2)cc1)c1ccc(Cl)cc1. The number of carbonyl (C=O) groups excluding carboxylic acids is 1. The molecule has 2 aromatic carbocycles. The van der Waals surface area contributed by atoms with Crippen LogP contribution in [0.5, 0.6) is 5.75 Å². The minimum Gasteiger partial charge on any atom is -0.489 e. The number of hydrogen-bond acceptors (Lipinski definition) is 4. The Balaban J connectivity index is 1.52. The fraction of sp³-hybridized carbons (Fsp3) is 0.176. The highest BCUT2D eigenvalue weighted by molar-refractivity contribution is 8.00. The van der Waals surface area contributed by atoms with E-state index in [-0.39, 0.29) is 5.91 Å². The Bertz CT molecular complexity index is 698. The van der Waals surface area contributed by atoms with Crippen molar-refractivity contribution in [2.45, 2.75) is 6.10 Å². The number of nitrogens with one attached hydrogen (secondary N) is 1. The van der Waals surface area contributed by atoms with E-state index in [4.69, 9.17) is 16.3 Å². The van der Waals surface area contributed by atoms with Crippen molar-refractivity contribution in [2.75, 3.05) is 11.5 Å². The van der Waals surface area contributed by atoms with Crippen molar-refractivity contribution in [3.63, 3.8) is 0 Å². The van der Waals surface area contributed by atoms with Gasteiger partial charge in [-0.05, 0) is 54.1 Å². The maximum absolute atomic E-state index is 11.9. The lowest BCUT2D eigenvalue weighted by Gasteiger charge is -2.25. The van der Waals surface area contributed by atoms with E-state index in [0.29, 0.717) is 16.7 Å². The number of amides is 1. The summed E-state index contributed by atoms with van der Waals surface area (Å²) in [7, 11) is 0. The predicted octanol–water partition coefficient (Wildman–Crippen LogP) is 3.60. The molecular weight excluding hydrogens is 332 g/mol. The second kappa shape index (κ2) is 7.53. The molecule has 0 spiro atoms. The first kappa shape index (κ1) is 15.9. The minimum atomic E-state index is -0.277. The van der Waals surface area contributed by atoms with Crippen molar-refractivity contribution in [1.29, 1.82) is 0 Å². The van der Waals surface area contributed by atoms with E-state index in [1.165, 1.54) is 0 Å². The number of halogens is 1. The zero-order valence-corrected chi connectivity index (χ0v) is 13.8. The predicted molar refractivity (Wildman–Crippen MR) is 94.7 cm³/mol. The molecule has 118 valence electrons. The van der Waals surface area contributed by atoms with Gasteiger partial charge in [0.15, 0.2) is 0 Å². The van der Waals surface area contributed by atoms with Gasteiger partial charge < -0.3 is 4.74 Å². The van der Waals surface area contributed by atoms with E-state index in [1.54, 1.807) is 30.5 Å². The van der Waals surface area contributed by atoms with Crippen LogP contribution in [0.4, 0.5) is 0 Å². The Morgan fingerprint density at radius 1 is 1.17 bits per heavy atom. The highest BCUT2D eigenvalue weighted by Gasteiger charge is 2.19. The number of ether oxygens (including phenoxy) is 1. The lowest BCUT2D eigenvalue weighted by molar-refractivity contribution is 0.0955. The summed E-state index contributed by atoms with van der Waals surface area (Å²) in [5.41, 5.74) is 3.88. The number of thioether (sulfide) groups is 1. The Morgan fingerprint density at radius 2 is 1.87 bits per heavy atom. The minimum absolute atomic E-state index is 0.277. The van der Waals surface area contributed by atoms with Crippen LogP contribution < -0.4 is 10.2 Å². The zero-order chi connectivity index (χ0) is 16.1. The van der Waals surface area contributed by atoms with Gasteiger partial charge in [-0.1, -0.05) is 11.6 Å². The summed E-state index contributed by atoms with van der Waals surface area (Å²) in [5, 5.41) is 4.55. The summed E-state index contributed by atoms with van der Waals surface area (Å²) in [5.74, 6) is 2.69. The van der Waals surface area contributed by atoms with Gasteiger partial charge in [0.2, 0.25) is 0 Å². The van der Waals surface area contributed by atoms with Gasteiger partial charge in [0.1, 0.15) is 11.9 Å². The highest BCUT2D eigenvalue weighted by atomic mass is 35.5. The normalized spacial score (nSPS) is 14.5. The first-order valence-corrected chi connectivity index (χ1v) is 8.67. The van der Waals surface area contributed by atoms with Gasteiger partial charge in [-0.2, -0.15) is 16.9 Å². The molecule has 0 atom stereocenters. The number of rotatable bonds is 5. The standard InChI is InChI=1S/C17H15ClN2O2S/c18-14-5-3-13(4-6-14)17(21)20-19-9-12-1-7-15(8-2-12)22-16-10-23-11-16/h1-9,16H,10-11H2,(H,20,21)/b19-9-. The number of hydrogen-bond donors (Lipinski definition) is 1. The molecule has 1 fully saturated rings. The first-order chi connectivity index (χ1) is 11.2. The molecule has 0 aromatic heterocycles. The van der Waals surface area contributed by atoms with Crippen LogP contribution in [0.1, 0.15) is 15.9 Å². The molecule has 0 bridgehead atoms. The number of nitrogens with zero attached hydrogens (tertiary/aromatic N) is 1. The molecule has 1 amide bonds. The molecule has 0 unspecified atom stereocenters. The fourth-order valence-electron chi connectivity index (χ4n) is 1.94. The van der Waals surface area contributed by atoms with Gasteiger partial charge in [-0.25, -0.2) is 5.43 Å². The van der Waals surface area contributed by atoms with Crippen LogP contribution in [0.15, 0.2) is 53.6 Å². The number of carbonyl (C=O) groups is 1. The molecule has 3 rings (SSSR count). The summed E-state index contributed by atoms with van der Waals surface area (Å²) >= 11 is 7.67. The summed E-state index contributed by atoms with van der Waals surface area (Å²) in [6.45, 7) is 0. The van der Waals surface area contributed by atoms with E-state index >= 15 is 0 Å². The molecule has 6 heteroatoms. The molecule has 1 saturated heterocycles. The number of hydrazone groups is 1. The van der Waals surface area contributed by atoms with Gasteiger partial charge >= 0.3 is 0 Å². The highest BCUT2D eigenvalue weighted by Crippen LogP contribution is 2.23. The molecule has 2 aromatic rings. The second-order valence-electron chi connectivity index (χ2n) is 5.05. The maximum Gasteiger partial charge on any atom is 0.271 e. The maximum atomic E-state index is 11.9. The molecule has 1 aliphatic rings.